The molecule has 0 amide bonds. The Labute approximate surface area is 129 Å². The van der Waals surface area contributed by atoms with E-state index in [9.17, 15) is 5.11 Å². The molecule has 1 atom stereocenters. The summed E-state index contributed by atoms with van der Waals surface area (Å²) >= 11 is 0. The number of hydrogen-bond donors (Lipinski definition) is 2. The van der Waals surface area contributed by atoms with Crippen molar-refractivity contribution < 1.29 is 5.11 Å². The number of benzene rings is 1. The van der Waals surface area contributed by atoms with Gasteiger partial charge >= 0.3 is 0 Å². The molecule has 21 heavy (non-hydrogen) atoms. The van der Waals surface area contributed by atoms with Crippen molar-refractivity contribution in [2.24, 2.45) is 5.92 Å². The number of rotatable bonds is 4. The van der Waals surface area contributed by atoms with Crippen molar-refractivity contribution in [1.82, 2.24) is 5.32 Å². The normalized spacial score (nSPS) is 18.8. The third kappa shape index (κ3) is 5.01. The fourth-order valence-electron chi connectivity index (χ4n) is 2.83. The molecule has 0 bridgehead atoms. The molecular weight excluding hydrogens is 260 g/mol. The smallest absolute Gasteiger partial charge is 0.0541 e. The molecule has 118 valence electrons. The molecule has 3 nitrogen and oxygen atoms in total. The van der Waals surface area contributed by atoms with E-state index in [1.165, 1.54) is 11.3 Å². The van der Waals surface area contributed by atoms with Crippen molar-refractivity contribution in [2.45, 2.75) is 58.7 Å². The van der Waals surface area contributed by atoms with Gasteiger partial charge in [0.15, 0.2) is 0 Å². The minimum Gasteiger partial charge on any atom is -0.393 e. The van der Waals surface area contributed by atoms with Gasteiger partial charge in [0.05, 0.1) is 6.10 Å². The fourth-order valence-corrected chi connectivity index (χ4v) is 2.83. The van der Waals surface area contributed by atoms with Gasteiger partial charge in [-0.25, -0.2) is 0 Å². The molecule has 0 saturated carbocycles. The maximum absolute atomic E-state index is 9.67. The second-order valence-corrected chi connectivity index (χ2v) is 7.34. The molecule has 0 aliphatic carbocycles. The van der Waals surface area contributed by atoms with Crippen LogP contribution in [0.2, 0.25) is 0 Å². The summed E-state index contributed by atoms with van der Waals surface area (Å²) in [7, 11) is 0. The molecule has 1 aromatic carbocycles. The second kappa shape index (κ2) is 6.80. The number of nitrogens with zero attached hydrogens (tertiary/aromatic N) is 1. The Morgan fingerprint density at radius 3 is 2.24 bits per heavy atom. The molecule has 1 unspecified atom stereocenters. The van der Waals surface area contributed by atoms with Gasteiger partial charge in [-0.15, -0.1) is 0 Å². The number of hydrogen-bond acceptors (Lipinski definition) is 3. The monoisotopic (exact) mass is 290 g/mol. The lowest BCUT2D eigenvalue weighted by molar-refractivity contribution is 0.110. The van der Waals surface area contributed by atoms with Gasteiger partial charge in [0, 0.05) is 30.9 Å². The van der Waals surface area contributed by atoms with Crippen LogP contribution in [0.15, 0.2) is 24.3 Å². The van der Waals surface area contributed by atoms with E-state index in [0.29, 0.717) is 5.92 Å². The summed E-state index contributed by atoms with van der Waals surface area (Å²) in [6.45, 7) is 11.5. The van der Waals surface area contributed by atoms with Crippen molar-refractivity contribution in [1.29, 1.82) is 0 Å². The van der Waals surface area contributed by atoms with Crippen LogP contribution >= 0.6 is 0 Å². The topological polar surface area (TPSA) is 35.5 Å². The number of anilines is 1. The van der Waals surface area contributed by atoms with Crippen LogP contribution in [0.3, 0.4) is 0 Å². The Morgan fingerprint density at radius 1 is 1.19 bits per heavy atom. The Hall–Kier alpha value is -1.06. The Bertz CT molecular complexity index is 426. The summed E-state index contributed by atoms with van der Waals surface area (Å²) in [6.07, 6.45) is 2.01. The van der Waals surface area contributed by atoms with E-state index in [1.807, 2.05) is 6.92 Å². The van der Waals surface area contributed by atoms with Crippen LogP contribution in [0.25, 0.3) is 0 Å². The standard InChI is InChI=1S/C18H30N2O/c1-14(21)16-9-11-20(12-10-16)17-7-5-15(6-8-17)13-19-18(2,3)4/h5-8,14,16,19,21H,9-13H2,1-4H3. The largest absolute Gasteiger partial charge is 0.393 e. The fraction of sp³-hybridized carbons (Fsp3) is 0.667. The molecule has 2 rings (SSSR count). The summed E-state index contributed by atoms with van der Waals surface area (Å²) in [6, 6.07) is 8.88. The van der Waals surface area contributed by atoms with Crippen molar-refractivity contribution in [3.05, 3.63) is 29.8 Å². The molecule has 0 spiro atoms. The molecule has 2 N–H and O–H groups in total. The minimum absolute atomic E-state index is 0.154. The third-order valence-corrected chi connectivity index (χ3v) is 4.35. The summed E-state index contributed by atoms with van der Waals surface area (Å²) in [4.78, 5) is 2.43. The van der Waals surface area contributed by atoms with E-state index >= 15 is 0 Å². The molecule has 0 radical (unpaired) electrons. The Morgan fingerprint density at radius 2 is 1.76 bits per heavy atom. The zero-order valence-corrected chi connectivity index (χ0v) is 13.9. The van der Waals surface area contributed by atoms with Gasteiger partial charge in [0.2, 0.25) is 0 Å². The van der Waals surface area contributed by atoms with E-state index in [4.69, 9.17) is 0 Å². The van der Waals surface area contributed by atoms with Gasteiger partial charge in [-0.1, -0.05) is 12.1 Å². The molecule has 1 aromatic rings. The molecule has 3 heteroatoms. The van der Waals surface area contributed by atoms with Crippen LogP contribution in [0, 0.1) is 5.92 Å². The highest BCUT2D eigenvalue weighted by atomic mass is 16.3. The van der Waals surface area contributed by atoms with Crippen molar-refractivity contribution in [3.8, 4) is 0 Å². The molecular formula is C18H30N2O. The first-order chi connectivity index (χ1) is 9.85. The van der Waals surface area contributed by atoms with Gasteiger partial charge in [0.1, 0.15) is 0 Å². The van der Waals surface area contributed by atoms with Crippen LogP contribution in [0.4, 0.5) is 5.69 Å². The first kappa shape index (κ1) is 16.3. The number of piperidine rings is 1. The highest BCUT2D eigenvalue weighted by Gasteiger charge is 2.22. The van der Waals surface area contributed by atoms with Crippen LogP contribution < -0.4 is 10.2 Å². The van der Waals surface area contributed by atoms with Crippen molar-refractivity contribution >= 4 is 5.69 Å². The SMILES string of the molecule is CC(O)C1CCN(c2ccc(CNC(C)(C)C)cc2)CC1. The van der Waals surface area contributed by atoms with Gasteiger partial charge in [-0.2, -0.15) is 0 Å². The number of aliphatic hydroxyl groups excluding tert-OH is 1. The third-order valence-electron chi connectivity index (χ3n) is 4.35. The highest BCUT2D eigenvalue weighted by molar-refractivity contribution is 5.48. The predicted molar refractivity (Wildman–Crippen MR) is 89.7 cm³/mol. The molecule has 1 fully saturated rings. The summed E-state index contributed by atoms with van der Waals surface area (Å²) in [5, 5.41) is 13.2. The predicted octanol–water partition coefficient (Wildman–Crippen LogP) is 3.17. The van der Waals surface area contributed by atoms with E-state index in [-0.39, 0.29) is 11.6 Å². The molecule has 1 saturated heterocycles. The Kier molecular flexibility index (Phi) is 5.28. The van der Waals surface area contributed by atoms with E-state index in [2.05, 4.69) is 55.3 Å². The maximum atomic E-state index is 9.67. The second-order valence-electron chi connectivity index (χ2n) is 7.34. The highest BCUT2D eigenvalue weighted by Crippen LogP contribution is 2.25. The molecule has 1 heterocycles. The Balaban J connectivity index is 1.88. The van der Waals surface area contributed by atoms with Crippen molar-refractivity contribution in [2.75, 3.05) is 18.0 Å². The quantitative estimate of drug-likeness (QED) is 0.894. The summed E-state index contributed by atoms with van der Waals surface area (Å²) in [5.74, 6) is 0.469. The van der Waals surface area contributed by atoms with Crippen LogP contribution in [0.5, 0.6) is 0 Å². The summed E-state index contributed by atoms with van der Waals surface area (Å²) in [5.41, 5.74) is 2.78. The lowest BCUT2D eigenvalue weighted by Gasteiger charge is -2.34. The first-order valence-electron chi connectivity index (χ1n) is 8.12. The van der Waals surface area contributed by atoms with E-state index in [0.717, 1.165) is 32.5 Å². The molecule has 1 aliphatic heterocycles. The van der Waals surface area contributed by atoms with Gasteiger partial charge in [-0.05, 0) is 64.2 Å². The van der Waals surface area contributed by atoms with Gasteiger partial charge in [0.25, 0.3) is 0 Å². The zero-order chi connectivity index (χ0) is 15.5. The zero-order valence-electron chi connectivity index (χ0n) is 13.9. The van der Waals surface area contributed by atoms with Crippen LogP contribution in [-0.2, 0) is 6.54 Å². The van der Waals surface area contributed by atoms with Crippen LogP contribution in [-0.4, -0.2) is 29.8 Å². The minimum atomic E-state index is -0.169. The number of aliphatic hydroxyl groups is 1. The number of nitrogens with one attached hydrogen (secondary N) is 1. The average Bonchev–Trinajstić information content (AvgIpc) is 2.45. The average molecular weight is 290 g/mol. The molecule has 0 aromatic heterocycles. The molecule has 1 aliphatic rings. The van der Waals surface area contributed by atoms with Gasteiger partial charge in [-0.3, -0.25) is 0 Å². The first-order valence-corrected chi connectivity index (χ1v) is 8.12. The van der Waals surface area contributed by atoms with Crippen molar-refractivity contribution in [3.63, 3.8) is 0 Å². The van der Waals surface area contributed by atoms with E-state index in [1.54, 1.807) is 0 Å². The summed E-state index contributed by atoms with van der Waals surface area (Å²) < 4.78 is 0. The lowest BCUT2D eigenvalue weighted by Crippen LogP contribution is -2.37. The lowest BCUT2D eigenvalue weighted by atomic mass is 9.92. The van der Waals surface area contributed by atoms with Gasteiger partial charge < -0.3 is 15.3 Å². The van der Waals surface area contributed by atoms with E-state index < -0.39 is 0 Å². The van der Waals surface area contributed by atoms with Crippen LogP contribution in [0.1, 0.15) is 46.1 Å². The maximum Gasteiger partial charge on any atom is 0.0541 e.